The number of carbonyl (C=O) groups excluding carboxylic acids is 1. The molecule has 0 saturated carbocycles. The monoisotopic (exact) mass is 357 g/mol. The van der Waals surface area contributed by atoms with Crippen LogP contribution in [-0.2, 0) is 10.3 Å². The Bertz CT molecular complexity index is 694. The largest absolute Gasteiger partial charge is 0.497 e. The average Bonchev–Trinajstić information content (AvgIpc) is 2.61. The first-order chi connectivity index (χ1) is 11.7. The van der Waals surface area contributed by atoms with Gasteiger partial charge in [-0.25, -0.2) is 0 Å². The zero-order chi connectivity index (χ0) is 18.5. The van der Waals surface area contributed by atoms with Gasteiger partial charge in [0.15, 0.2) is 0 Å². The molecule has 0 aliphatic carbocycles. The molecule has 0 heterocycles. The number of ether oxygens (including phenoxy) is 1. The van der Waals surface area contributed by atoms with Crippen LogP contribution in [-0.4, -0.2) is 18.8 Å². The quantitative estimate of drug-likeness (QED) is 0.719. The molecular formula is C21H27NO2S. The first-order valence-corrected chi connectivity index (χ1v) is 9.38. The van der Waals surface area contributed by atoms with Crippen molar-refractivity contribution in [1.82, 2.24) is 5.32 Å². The summed E-state index contributed by atoms with van der Waals surface area (Å²) in [5, 5.41) is 3.20. The lowest BCUT2D eigenvalue weighted by Gasteiger charge is -2.32. The van der Waals surface area contributed by atoms with E-state index in [-0.39, 0.29) is 5.91 Å². The van der Waals surface area contributed by atoms with Crippen molar-refractivity contribution >= 4 is 17.7 Å². The first-order valence-electron chi connectivity index (χ1n) is 8.39. The van der Waals surface area contributed by atoms with Crippen LogP contribution in [0.15, 0.2) is 59.5 Å². The minimum absolute atomic E-state index is 0.0577. The van der Waals surface area contributed by atoms with Crippen molar-refractivity contribution in [2.75, 3.05) is 12.9 Å². The molecule has 0 unspecified atom stereocenters. The molecule has 2 aromatic rings. The number of amides is 1. The van der Waals surface area contributed by atoms with Crippen LogP contribution in [0.4, 0.5) is 0 Å². The van der Waals surface area contributed by atoms with Gasteiger partial charge in [0, 0.05) is 10.6 Å². The molecule has 0 aromatic heterocycles. The molecule has 0 radical (unpaired) electrons. The lowest BCUT2D eigenvalue weighted by atomic mass is 9.89. The minimum Gasteiger partial charge on any atom is -0.497 e. The van der Waals surface area contributed by atoms with Gasteiger partial charge in [0.05, 0.1) is 18.1 Å². The third-order valence-electron chi connectivity index (χ3n) is 4.20. The zero-order valence-corrected chi connectivity index (χ0v) is 16.4. The second-order valence-corrected chi connectivity index (χ2v) is 8.34. The standard InChI is InChI=1S/C21H27NO2S/c1-20(2,15-25-18-13-11-17(24-5)12-14-18)19(23)22-21(3,4)16-9-7-6-8-10-16/h6-14H,15H2,1-5H3,(H,22,23). The predicted molar refractivity (Wildman–Crippen MR) is 105 cm³/mol. The maximum absolute atomic E-state index is 12.8. The van der Waals surface area contributed by atoms with Crippen molar-refractivity contribution in [3.63, 3.8) is 0 Å². The van der Waals surface area contributed by atoms with Gasteiger partial charge >= 0.3 is 0 Å². The van der Waals surface area contributed by atoms with E-state index < -0.39 is 11.0 Å². The molecule has 0 atom stereocenters. The molecule has 0 fully saturated rings. The van der Waals surface area contributed by atoms with Gasteiger partial charge in [-0.2, -0.15) is 0 Å². The maximum atomic E-state index is 12.8. The zero-order valence-electron chi connectivity index (χ0n) is 15.6. The number of rotatable bonds is 7. The summed E-state index contributed by atoms with van der Waals surface area (Å²) in [6, 6.07) is 18.0. The molecule has 2 aromatic carbocycles. The van der Waals surface area contributed by atoms with Crippen molar-refractivity contribution in [3.8, 4) is 5.75 Å². The number of nitrogens with one attached hydrogen (secondary N) is 1. The molecule has 0 saturated heterocycles. The van der Waals surface area contributed by atoms with E-state index in [1.54, 1.807) is 18.9 Å². The lowest BCUT2D eigenvalue weighted by molar-refractivity contribution is -0.130. The van der Waals surface area contributed by atoms with Crippen LogP contribution >= 0.6 is 11.8 Å². The van der Waals surface area contributed by atoms with Gasteiger partial charge in [-0.05, 0) is 43.7 Å². The molecule has 0 aliphatic rings. The van der Waals surface area contributed by atoms with Crippen LogP contribution in [0.3, 0.4) is 0 Å². The topological polar surface area (TPSA) is 38.3 Å². The first kappa shape index (κ1) is 19.4. The Morgan fingerprint density at radius 3 is 2.16 bits per heavy atom. The Morgan fingerprint density at radius 2 is 1.60 bits per heavy atom. The normalized spacial score (nSPS) is 11.9. The summed E-state index contributed by atoms with van der Waals surface area (Å²) >= 11 is 1.68. The van der Waals surface area contributed by atoms with Gasteiger partial charge in [0.2, 0.25) is 5.91 Å². The number of carbonyl (C=O) groups is 1. The number of hydrogen-bond donors (Lipinski definition) is 1. The van der Waals surface area contributed by atoms with Gasteiger partial charge in [-0.1, -0.05) is 44.2 Å². The van der Waals surface area contributed by atoms with Gasteiger partial charge in [-0.3, -0.25) is 4.79 Å². The van der Waals surface area contributed by atoms with Crippen LogP contribution in [0.2, 0.25) is 0 Å². The predicted octanol–water partition coefficient (Wildman–Crippen LogP) is 4.87. The van der Waals surface area contributed by atoms with Crippen molar-refractivity contribution in [2.24, 2.45) is 5.41 Å². The minimum atomic E-state index is -0.476. The van der Waals surface area contributed by atoms with Crippen molar-refractivity contribution in [2.45, 2.75) is 38.1 Å². The highest BCUT2D eigenvalue weighted by atomic mass is 32.2. The summed E-state index contributed by atoms with van der Waals surface area (Å²) in [4.78, 5) is 14.0. The number of hydrogen-bond acceptors (Lipinski definition) is 3. The van der Waals surface area contributed by atoms with E-state index in [4.69, 9.17) is 4.74 Å². The molecule has 1 N–H and O–H groups in total. The van der Waals surface area contributed by atoms with Crippen LogP contribution < -0.4 is 10.1 Å². The molecule has 0 spiro atoms. The van der Waals surface area contributed by atoms with E-state index >= 15 is 0 Å². The fraction of sp³-hybridized carbons (Fsp3) is 0.381. The SMILES string of the molecule is COc1ccc(SCC(C)(C)C(=O)NC(C)(C)c2ccccc2)cc1. The summed E-state index contributed by atoms with van der Waals surface area (Å²) in [6.07, 6.45) is 0. The van der Waals surface area contributed by atoms with Crippen molar-refractivity contribution in [3.05, 3.63) is 60.2 Å². The third kappa shape index (κ3) is 5.27. The summed E-state index contributed by atoms with van der Waals surface area (Å²) in [5.41, 5.74) is 0.221. The Balaban J connectivity index is 1.99. The molecule has 3 nitrogen and oxygen atoms in total. The van der Waals surface area contributed by atoms with Gasteiger partial charge in [0.1, 0.15) is 5.75 Å². The van der Waals surface area contributed by atoms with Crippen molar-refractivity contribution in [1.29, 1.82) is 0 Å². The van der Waals surface area contributed by atoms with Gasteiger partial charge < -0.3 is 10.1 Å². The van der Waals surface area contributed by atoms with E-state index in [1.807, 2.05) is 82.3 Å². The van der Waals surface area contributed by atoms with E-state index in [1.165, 1.54) is 0 Å². The molecule has 0 bridgehead atoms. The van der Waals surface area contributed by atoms with Crippen LogP contribution in [0.1, 0.15) is 33.3 Å². The van der Waals surface area contributed by atoms with Gasteiger partial charge in [0.25, 0.3) is 0 Å². The van der Waals surface area contributed by atoms with Crippen LogP contribution in [0, 0.1) is 5.41 Å². The van der Waals surface area contributed by atoms with Crippen LogP contribution in [0.5, 0.6) is 5.75 Å². The smallest absolute Gasteiger partial charge is 0.227 e. The molecule has 134 valence electrons. The summed E-state index contributed by atoms with van der Waals surface area (Å²) in [7, 11) is 1.66. The molecule has 4 heteroatoms. The molecule has 25 heavy (non-hydrogen) atoms. The summed E-state index contributed by atoms with van der Waals surface area (Å²) < 4.78 is 5.18. The molecule has 2 rings (SSSR count). The highest BCUT2D eigenvalue weighted by Crippen LogP contribution is 2.30. The van der Waals surface area contributed by atoms with Crippen molar-refractivity contribution < 1.29 is 9.53 Å². The molecular weight excluding hydrogens is 330 g/mol. The fourth-order valence-corrected chi connectivity index (χ4v) is 3.37. The van der Waals surface area contributed by atoms with E-state index in [9.17, 15) is 4.79 Å². The Kier molecular flexibility index (Phi) is 6.17. The fourth-order valence-electron chi connectivity index (χ4n) is 2.38. The summed E-state index contributed by atoms with van der Waals surface area (Å²) in [5.74, 6) is 1.60. The third-order valence-corrected chi connectivity index (χ3v) is 5.67. The number of thioether (sulfide) groups is 1. The summed E-state index contributed by atoms with van der Waals surface area (Å²) in [6.45, 7) is 8.04. The lowest BCUT2D eigenvalue weighted by Crippen LogP contribution is -2.47. The van der Waals surface area contributed by atoms with Crippen LogP contribution in [0.25, 0.3) is 0 Å². The average molecular weight is 358 g/mol. The van der Waals surface area contributed by atoms with E-state index in [2.05, 4.69) is 5.32 Å². The molecule has 1 amide bonds. The van der Waals surface area contributed by atoms with E-state index in [0.717, 1.165) is 16.2 Å². The second-order valence-electron chi connectivity index (χ2n) is 7.29. The molecule has 0 aliphatic heterocycles. The maximum Gasteiger partial charge on any atom is 0.227 e. The highest BCUT2D eigenvalue weighted by molar-refractivity contribution is 7.99. The number of benzene rings is 2. The highest BCUT2D eigenvalue weighted by Gasteiger charge is 2.32. The Labute approximate surface area is 155 Å². The Morgan fingerprint density at radius 1 is 1.00 bits per heavy atom. The Hall–Kier alpha value is -1.94. The number of methoxy groups -OCH3 is 1. The van der Waals surface area contributed by atoms with Gasteiger partial charge in [-0.15, -0.1) is 11.8 Å². The second kappa shape index (κ2) is 7.96. The van der Waals surface area contributed by atoms with E-state index in [0.29, 0.717) is 5.75 Å².